The summed E-state index contributed by atoms with van der Waals surface area (Å²) in [6.45, 7) is 0. The molecule has 1 aromatic rings. The molecule has 0 spiro atoms. The monoisotopic (exact) mass is 303 g/mol. The molecule has 2 rings (SSSR count). The molecule has 0 heterocycles. The molecule has 1 fully saturated rings. The van der Waals surface area contributed by atoms with Crippen LogP contribution in [0.15, 0.2) is 16.6 Å². The second-order valence-corrected chi connectivity index (χ2v) is 5.46. The Morgan fingerprint density at radius 1 is 1.29 bits per heavy atom. The maximum absolute atomic E-state index is 14.0. The first kappa shape index (κ1) is 13.0. The zero-order chi connectivity index (χ0) is 12.4. The molecule has 2 atom stereocenters. The minimum absolute atomic E-state index is 0.0151. The predicted octanol–water partition coefficient (Wildman–Crippen LogP) is 3.97. The van der Waals surface area contributed by atoms with Gasteiger partial charge in [-0.1, -0.05) is 6.42 Å². The molecule has 1 nitrogen and oxygen atoms in total. The molecule has 17 heavy (non-hydrogen) atoms. The van der Waals surface area contributed by atoms with Crippen molar-refractivity contribution >= 4 is 15.9 Å². The first-order valence-corrected chi connectivity index (χ1v) is 6.73. The Morgan fingerprint density at radius 3 is 2.76 bits per heavy atom. The van der Waals surface area contributed by atoms with Crippen molar-refractivity contribution < 1.29 is 8.78 Å². The zero-order valence-electron chi connectivity index (χ0n) is 9.77. The van der Waals surface area contributed by atoms with Crippen LogP contribution < -0.4 is 5.32 Å². The average molecular weight is 304 g/mol. The van der Waals surface area contributed by atoms with Gasteiger partial charge in [0.25, 0.3) is 0 Å². The fourth-order valence-electron chi connectivity index (χ4n) is 2.63. The molecule has 0 saturated heterocycles. The molecular weight excluding hydrogens is 288 g/mol. The smallest absolute Gasteiger partial charge is 0.143 e. The van der Waals surface area contributed by atoms with Gasteiger partial charge in [0.2, 0.25) is 0 Å². The van der Waals surface area contributed by atoms with Crippen LogP contribution in [0.25, 0.3) is 0 Å². The van der Waals surface area contributed by atoms with Crippen molar-refractivity contribution in [2.45, 2.75) is 37.6 Å². The molecule has 2 unspecified atom stereocenters. The summed E-state index contributed by atoms with van der Waals surface area (Å²) in [7, 11) is 1.90. The molecule has 1 aromatic carbocycles. The molecule has 1 saturated carbocycles. The maximum atomic E-state index is 14.0. The molecular formula is C13H16BrF2N. The molecule has 1 N–H and O–H groups in total. The lowest BCUT2D eigenvalue weighted by molar-refractivity contribution is 0.341. The minimum atomic E-state index is -0.438. The zero-order valence-corrected chi connectivity index (χ0v) is 11.4. The van der Waals surface area contributed by atoms with E-state index in [9.17, 15) is 8.78 Å². The second-order valence-electron chi connectivity index (χ2n) is 4.61. The first-order valence-electron chi connectivity index (χ1n) is 5.94. The first-order chi connectivity index (χ1) is 8.13. The largest absolute Gasteiger partial charge is 0.317 e. The van der Waals surface area contributed by atoms with Gasteiger partial charge in [-0.2, -0.15) is 0 Å². The highest BCUT2D eigenvalue weighted by molar-refractivity contribution is 9.10. The number of rotatable bonds is 2. The molecule has 1 aliphatic rings. The summed E-state index contributed by atoms with van der Waals surface area (Å²) in [4.78, 5) is 0. The normalized spacial score (nSPS) is 24.9. The molecule has 94 valence electrons. The molecule has 0 radical (unpaired) electrons. The van der Waals surface area contributed by atoms with Gasteiger partial charge in [-0.3, -0.25) is 0 Å². The van der Waals surface area contributed by atoms with Gasteiger partial charge >= 0.3 is 0 Å². The maximum Gasteiger partial charge on any atom is 0.143 e. The SMILES string of the molecule is CNC1CCCC(c2c(F)ccc(Br)c2F)C1. The van der Waals surface area contributed by atoms with Crippen molar-refractivity contribution in [3.05, 3.63) is 33.8 Å². The van der Waals surface area contributed by atoms with E-state index in [0.29, 0.717) is 10.5 Å². The van der Waals surface area contributed by atoms with Crippen LogP contribution in [0.1, 0.15) is 37.2 Å². The van der Waals surface area contributed by atoms with Crippen molar-refractivity contribution in [2.75, 3.05) is 7.05 Å². The van der Waals surface area contributed by atoms with E-state index in [4.69, 9.17) is 0 Å². The number of nitrogens with one attached hydrogen (secondary N) is 1. The van der Waals surface area contributed by atoms with E-state index >= 15 is 0 Å². The van der Waals surface area contributed by atoms with Crippen molar-refractivity contribution in [1.82, 2.24) is 5.32 Å². The Morgan fingerprint density at radius 2 is 2.06 bits per heavy atom. The molecule has 4 heteroatoms. The van der Waals surface area contributed by atoms with E-state index in [1.165, 1.54) is 12.1 Å². The second kappa shape index (κ2) is 5.44. The topological polar surface area (TPSA) is 12.0 Å². The number of halogens is 3. The third kappa shape index (κ3) is 2.68. The van der Waals surface area contributed by atoms with E-state index in [-0.39, 0.29) is 11.5 Å². The van der Waals surface area contributed by atoms with Crippen molar-refractivity contribution in [3.8, 4) is 0 Å². The highest BCUT2D eigenvalue weighted by Gasteiger charge is 2.27. The molecule has 0 amide bonds. The van der Waals surface area contributed by atoms with Crippen LogP contribution in [-0.2, 0) is 0 Å². The molecule has 0 aliphatic heterocycles. The van der Waals surface area contributed by atoms with Gasteiger partial charge in [0.15, 0.2) is 0 Å². The molecule has 0 aromatic heterocycles. The lowest BCUT2D eigenvalue weighted by atomic mass is 9.81. The lowest BCUT2D eigenvalue weighted by Gasteiger charge is -2.29. The summed E-state index contributed by atoms with van der Waals surface area (Å²) in [5.74, 6) is -0.877. The predicted molar refractivity (Wildman–Crippen MR) is 68.1 cm³/mol. The highest BCUT2D eigenvalue weighted by atomic mass is 79.9. The van der Waals surface area contributed by atoms with Gasteiger partial charge in [-0.15, -0.1) is 0 Å². The van der Waals surface area contributed by atoms with Crippen LogP contribution in [0.2, 0.25) is 0 Å². The Bertz CT molecular complexity index is 409. The standard InChI is InChI=1S/C13H16BrF2N/c1-17-9-4-2-3-8(7-9)12-11(15)6-5-10(14)13(12)16/h5-6,8-9,17H,2-4,7H2,1H3. The summed E-state index contributed by atoms with van der Waals surface area (Å²) >= 11 is 3.12. The summed E-state index contributed by atoms with van der Waals surface area (Å²) in [5.41, 5.74) is 0.249. The Balaban J connectivity index is 2.30. The Labute approximate surface area is 109 Å². The number of hydrogen-bond acceptors (Lipinski definition) is 1. The van der Waals surface area contributed by atoms with E-state index in [1.807, 2.05) is 7.05 Å². The van der Waals surface area contributed by atoms with Crippen LogP contribution in [0, 0.1) is 11.6 Å². The number of benzene rings is 1. The summed E-state index contributed by atoms with van der Waals surface area (Å²) in [6, 6.07) is 3.13. The van der Waals surface area contributed by atoms with Gasteiger partial charge in [-0.25, -0.2) is 8.78 Å². The van der Waals surface area contributed by atoms with Crippen molar-refractivity contribution in [3.63, 3.8) is 0 Å². The van der Waals surface area contributed by atoms with Crippen LogP contribution >= 0.6 is 15.9 Å². The van der Waals surface area contributed by atoms with Crippen LogP contribution in [-0.4, -0.2) is 13.1 Å². The van der Waals surface area contributed by atoms with E-state index in [2.05, 4.69) is 21.2 Å². The minimum Gasteiger partial charge on any atom is -0.317 e. The summed E-state index contributed by atoms with van der Waals surface area (Å²) in [5, 5.41) is 3.20. The lowest BCUT2D eigenvalue weighted by Crippen LogP contribution is -2.31. The van der Waals surface area contributed by atoms with Gasteiger partial charge in [0, 0.05) is 11.6 Å². The molecule has 1 aliphatic carbocycles. The van der Waals surface area contributed by atoms with E-state index in [1.54, 1.807) is 0 Å². The summed E-state index contributed by atoms with van der Waals surface area (Å²) in [6.07, 6.45) is 3.77. The van der Waals surface area contributed by atoms with Crippen LogP contribution in [0.3, 0.4) is 0 Å². The fourth-order valence-corrected chi connectivity index (χ4v) is 2.98. The fraction of sp³-hybridized carbons (Fsp3) is 0.538. The molecule has 0 bridgehead atoms. The Kier molecular flexibility index (Phi) is 4.15. The number of hydrogen-bond donors (Lipinski definition) is 1. The summed E-state index contributed by atoms with van der Waals surface area (Å²) < 4.78 is 28.1. The van der Waals surface area contributed by atoms with Gasteiger partial charge < -0.3 is 5.32 Å². The van der Waals surface area contributed by atoms with Crippen LogP contribution in [0.5, 0.6) is 0 Å². The van der Waals surface area contributed by atoms with Crippen LogP contribution in [0.4, 0.5) is 8.78 Å². The third-order valence-electron chi connectivity index (χ3n) is 3.57. The quantitative estimate of drug-likeness (QED) is 0.815. The van der Waals surface area contributed by atoms with E-state index in [0.717, 1.165) is 25.7 Å². The Hall–Kier alpha value is -0.480. The van der Waals surface area contributed by atoms with Crippen molar-refractivity contribution in [2.24, 2.45) is 0 Å². The average Bonchev–Trinajstić information content (AvgIpc) is 2.35. The van der Waals surface area contributed by atoms with Gasteiger partial charge in [-0.05, 0) is 60.3 Å². The third-order valence-corrected chi connectivity index (χ3v) is 4.18. The van der Waals surface area contributed by atoms with Gasteiger partial charge in [0.1, 0.15) is 11.6 Å². The van der Waals surface area contributed by atoms with Gasteiger partial charge in [0.05, 0.1) is 4.47 Å². The van der Waals surface area contributed by atoms with Crippen molar-refractivity contribution in [1.29, 1.82) is 0 Å². The van der Waals surface area contributed by atoms with E-state index < -0.39 is 11.6 Å². The highest BCUT2D eigenvalue weighted by Crippen LogP contribution is 2.37.